The van der Waals surface area contributed by atoms with Gasteiger partial charge in [-0.3, -0.25) is 4.79 Å². The van der Waals surface area contributed by atoms with Gasteiger partial charge < -0.3 is 14.2 Å². The van der Waals surface area contributed by atoms with Crippen LogP contribution in [0.5, 0.6) is 17.2 Å². The Hall–Kier alpha value is -5.43. The van der Waals surface area contributed by atoms with Gasteiger partial charge in [0, 0.05) is 5.56 Å². The van der Waals surface area contributed by atoms with Crippen LogP contribution >= 0.6 is 0 Å². The van der Waals surface area contributed by atoms with Crippen LogP contribution in [0.3, 0.4) is 0 Å². The first-order valence-electron chi connectivity index (χ1n) is 15.5. The highest BCUT2D eigenvalue weighted by Gasteiger charge is 2.18. The molecule has 0 saturated carbocycles. The van der Waals surface area contributed by atoms with E-state index in [1.807, 2.05) is 74.5 Å². The molecule has 46 heavy (non-hydrogen) atoms. The molecule has 232 valence electrons. The van der Waals surface area contributed by atoms with Gasteiger partial charge in [-0.25, -0.2) is 4.98 Å². The highest BCUT2D eigenvalue weighted by molar-refractivity contribution is 5.86. The largest absolute Gasteiger partial charge is 0.496 e. The molecule has 0 atom stereocenters. The maximum atomic E-state index is 13.9. The van der Waals surface area contributed by atoms with Crippen LogP contribution in [0, 0.1) is 6.92 Å². The summed E-state index contributed by atoms with van der Waals surface area (Å²) in [5, 5.41) is 7.53. The third-order valence-corrected chi connectivity index (χ3v) is 8.05. The molecule has 1 aromatic heterocycles. The Bertz CT molecular complexity index is 2130. The molecular formula is C39H37N3O4. The van der Waals surface area contributed by atoms with Crippen LogP contribution in [-0.2, 0) is 6.61 Å². The number of aromatic nitrogens is 2. The third-order valence-electron chi connectivity index (χ3n) is 8.05. The second-order valence-electron chi connectivity index (χ2n) is 11.4. The summed E-state index contributed by atoms with van der Waals surface area (Å²) in [6, 6.07) is 31.5. The van der Waals surface area contributed by atoms with Crippen molar-refractivity contribution in [3.63, 3.8) is 0 Å². The van der Waals surface area contributed by atoms with E-state index in [0.29, 0.717) is 41.4 Å². The Morgan fingerprint density at radius 3 is 2.39 bits per heavy atom. The average molecular weight is 612 g/mol. The Morgan fingerprint density at radius 2 is 1.61 bits per heavy atom. The van der Waals surface area contributed by atoms with Crippen LogP contribution in [0.25, 0.3) is 33.1 Å². The minimum atomic E-state index is -0.252. The quantitative estimate of drug-likeness (QED) is 0.145. The number of aryl methyl sites for hydroxylation is 1. The first kappa shape index (κ1) is 30.6. The molecule has 0 spiro atoms. The lowest BCUT2D eigenvalue weighted by molar-refractivity contribution is 0.270. The molecule has 0 fully saturated rings. The molecule has 0 unspecified atom stereocenters. The van der Waals surface area contributed by atoms with Crippen molar-refractivity contribution in [2.75, 3.05) is 13.7 Å². The molecule has 0 N–H and O–H groups in total. The van der Waals surface area contributed by atoms with Gasteiger partial charge in [0.2, 0.25) is 0 Å². The standard InChI is InChI=1S/C39H37N3O4/c1-6-45-37-21-27(18-19-35(37)46-24-29-14-11-13-28-12-7-8-15-30(28)29)23-40-42-38(41-34-17-10-9-16-31(34)39(42)43)33-22-32(25(2)3)36(44-5)20-26(33)4/h7-23,25H,6,24H2,1-5H3. The van der Waals surface area contributed by atoms with E-state index in [0.717, 1.165) is 39.0 Å². The maximum Gasteiger partial charge on any atom is 0.282 e. The number of hydrogen-bond donors (Lipinski definition) is 0. The summed E-state index contributed by atoms with van der Waals surface area (Å²) in [6.07, 6.45) is 1.65. The fourth-order valence-electron chi connectivity index (χ4n) is 5.66. The number of nitrogens with zero attached hydrogens (tertiary/aromatic N) is 3. The van der Waals surface area contributed by atoms with Gasteiger partial charge in [0.05, 0.1) is 30.8 Å². The number of rotatable bonds is 10. The number of fused-ring (bicyclic) bond motifs is 2. The Kier molecular flexibility index (Phi) is 8.83. The lowest BCUT2D eigenvalue weighted by atomic mass is 9.96. The highest BCUT2D eigenvalue weighted by atomic mass is 16.5. The van der Waals surface area contributed by atoms with E-state index in [-0.39, 0.29) is 11.5 Å². The number of para-hydroxylation sites is 1. The zero-order valence-electron chi connectivity index (χ0n) is 26.8. The predicted octanol–water partition coefficient (Wildman–Crippen LogP) is 8.52. The van der Waals surface area contributed by atoms with Gasteiger partial charge >= 0.3 is 0 Å². The molecule has 1 heterocycles. The maximum absolute atomic E-state index is 13.9. The van der Waals surface area contributed by atoms with Crippen LogP contribution in [-0.4, -0.2) is 29.6 Å². The van der Waals surface area contributed by atoms with Gasteiger partial charge in [-0.2, -0.15) is 9.78 Å². The van der Waals surface area contributed by atoms with Crippen LogP contribution < -0.4 is 19.8 Å². The van der Waals surface area contributed by atoms with E-state index in [1.165, 1.54) is 10.1 Å². The molecule has 0 amide bonds. The first-order valence-corrected chi connectivity index (χ1v) is 15.5. The summed E-state index contributed by atoms with van der Waals surface area (Å²) in [7, 11) is 1.67. The van der Waals surface area contributed by atoms with Crippen LogP contribution in [0.1, 0.15) is 48.9 Å². The van der Waals surface area contributed by atoms with E-state index in [9.17, 15) is 4.79 Å². The van der Waals surface area contributed by atoms with Crippen LogP contribution in [0.15, 0.2) is 107 Å². The topological polar surface area (TPSA) is 74.9 Å². The van der Waals surface area contributed by atoms with E-state index < -0.39 is 0 Å². The van der Waals surface area contributed by atoms with Gasteiger partial charge in [-0.1, -0.05) is 68.4 Å². The molecule has 0 aliphatic rings. The molecule has 7 nitrogen and oxygen atoms in total. The highest BCUT2D eigenvalue weighted by Crippen LogP contribution is 2.34. The minimum absolute atomic E-state index is 0.205. The van der Waals surface area contributed by atoms with E-state index in [4.69, 9.17) is 24.3 Å². The second-order valence-corrected chi connectivity index (χ2v) is 11.4. The van der Waals surface area contributed by atoms with Crippen molar-refractivity contribution in [1.82, 2.24) is 9.66 Å². The van der Waals surface area contributed by atoms with Crippen molar-refractivity contribution in [3.05, 3.63) is 130 Å². The lowest BCUT2D eigenvalue weighted by Crippen LogP contribution is -2.20. The smallest absolute Gasteiger partial charge is 0.282 e. The predicted molar refractivity (Wildman–Crippen MR) is 186 cm³/mol. The molecule has 0 saturated heterocycles. The molecule has 6 aromatic rings. The fraction of sp³-hybridized carbons (Fsp3) is 0.205. The zero-order valence-corrected chi connectivity index (χ0v) is 26.8. The molecule has 0 radical (unpaired) electrons. The summed E-state index contributed by atoms with van der Waals surface area (Å²) in [4.78, 5) is 18.8. The minimum Gasteiger partial charge on any atom is -0.496 e. The number of benzene rings is 5. The van der Waals surface area contributed by atoms with E-state index >= 15 is 0 Å². The number of hydrogen-bond acceptors (Lipinski definition) is 6. The average Bonchev–Trinajstić information content (AvgIpc) is 3.07. The summed E-state index contributed by atoms with van der Waals surface area (Å²) < 4.78 is 19.3. The second kappa shape index (κ2) is 13.3. The van der Waals surface area contributed by atoms with Gasteiger partial charge in [0.1, 0.15) is 12.4 Å². The fourth-order valence-corrected chi connectivity index (χ4v) is 5.66. The monoisotopic (exact) mass is 611 g/mol. The Labute approximate surface area is 268 Å². The zero-order chi connectivity index (χ0) is 32.2. The third kappa shape index (κ3) is 6.09. The normalized spacial score (nSPS) is 11.5. The van der Waals surface area contributed by atoms with Gasteiger partial charge in [0.25, 0.3) is 5.56 Å². The summed E-state index contributed by atoms with van der Waals surface area (Å²) in [6.45, 7) is 9.02. The number of methoxy groups -OCH3 is 1. The molecule has 0 aliphatic heterocycles. The first-order chi connectivity index (χ1) is 22.4. The van der Waals surface area contributed by atoms with Crippen molar-refractivity contribution >= 4 is 27.9 Å². The Morgan fingerprint density at radius 1 is 0.848 bits per heavy atom. The number of ether oxygens (including phenoxy) is 3. The Balaban J connectivity index is 1.38. The van der Waals surface area contributed by atoms with Gasteiger partial charge in [-0.15, -0.1) is 0 Å². The van der Waals surface area contributed by atoms with Crippen molar-refractivity contribution < 1.29 is 14.2 Å². The SMILES string of the molecule is CCOc1cc(C=Nn2c(-c3cc(C(C)C)c(OC)cc3C)nc3ccccc3c2=O)ccc1OCc1cccc2ccccc12. The van der Waals surface area contributed by atoms with Crippen LogP contribution in [0.4, 0.5) is 0 Å². The van der Waals surface area contributed by atoms with Crippen molar-refractivity contribution in [3.8, 4) is 28.6 Å². The van der Waals surface area contributed by atoms with Gasteiger partial charge in [0.15, 0.2) is 17.3 Å². The summed E-state index contributed by atoms with van der Waals surface area (Å²) in [5.74, 6) is 2.70. The molecule has 6 rings (SSSR count). The lowest BCUT2D eigenvalue weighted by Gasteiger charge is -2.17. The van der Waals surface area contributed by atoms with E-state index in [1.54, 1.807) is 19.4 Å². The molecule has 5 aromatic carbocycles. The van der Waals surface area contributed by atoms with Gasteiger partial charge in [-0.05, 0) is 95.3 Å². The molecular weight excluding hydrogens is 574 g/mol. The van der Waals surface area contributed by atoms with Crippen LogP contribution in [0.2, 0.25) is 0 Å². The molecule has 0 bridgehead atoms. The molecule has 7 heteroatoms. The van der Waals surface area contributed by atoms with Crippen molar-refractivity contribution in [2.24, 2.45) is 5.10 Å². The summed E-state index contributed by atoms with van der Waals surface area (Å²) in [5.41, 5.74) is 4.98. The molecule has 0 aliphatic carbocycles. The van der Waals surface area contributed by atoms with E-state index in [2.05, 4.69) is 44.2 Å². The van der Waals surface area contributed by atoms with Crippen molar-refractivity contribution in [1.29, 1.82) is 0 Å². The summed E-state index contributed by atoms with van der Waals surface area (Å²) >= 11 is 0. The van der Waals surface area contributed by atoms with Crippen molar-refractivity contribution in [2.45, 2.75) is 40.2 Å².